The molecule has 0 aromatic heterocycles. The Hall–Kier alpha value is -3.59. The molecule has 0 aliphatic carbocycles. The lowest BCUT2D eigenvalue weighted by Crippen LogP contribution is -2.53. The molecule has 1 aromatic rings. The molecule has 14 nitrogen and oxygen atoms in total. The quantitative estimate of drug-likeness (QED) is 0.213. The van der Waals surface area contributed by atoms with Crippen molar-refractivity contribution < 1.29 is 48.0 Å². The number of carbonyl (C=O) groups is 5. The fraction of sp³-hybridized carbons (Fsp3) is 0.738. The van der Waals surface area contributed by atoms with Crippen LogP contribution in [0.3, 0.4) is 0 Å². The number of carbonyl (C=O) groups excluding carboxylic acids is 4. The summed E-state index contributed by atoms with van der Waals surface area (Å²) in [6, 6.07) is 8.48. The van der Waals surface area contributed by atoms with Gasteiger partial charge in [-0.2, -0.15) is 0 Å². The highest BCUT2D eigenvalue weighted by atomic mass is 16.6. The van der Waals surface area contributed by atoms with Gasteiger partial charge in [0.1, 0.15) is 29.5 Å². The number of carboxylic acids is 1. The third-order valence-electron chi connectivity index (χ3n) is 7.76. The number of nitrogens with zero attached hydrogens (tertiary/aromatic N) is 4. The first-order chi connectivity index (χ1) is 25.8. The molecule has 1 heterocycles. The van der Waals surface area contributed by atoms with Crippen LogP contribution in [0.2, 0.25) is 0 Å². The molecule has 2 rings (SSSR count). The van der Waals surface area contributed by atoms with Crippen molar-refractivity contribution in [3.05, 3.63) is 35.9 Å². The van der Waals surface area contributed by atoms with E-state index in [2.05, 4.69) is 20.8 Å². The van der Waals surface area contributed by atoms with Gasteiger partial charge in [0, 0.05) is 58.8 Å². The molecule has 14 heteroatoms. The van der Waals surface area contributed by atoms with Crippen LogP contribution >= 0.6 is 0 Å². The third-order valence-corrected chi connectivity index (χ3v) is 7.76. The van der Waals surface area contributed by atoms with Crippen molar-refractivity contribution in [2.75, 3.05) is 72.0 Å². The summed E-state index contributed by atoms with van der Waals surface area (Å²) in [7, 11) is 0. The average Bonchev–Trinajstić information content (AvgIpc) is 3.02. The second-order valence-electron chi connectivity index (χ2n) is 17.9. The van der Waals surface area contributed by atoms with E-state index in [1.807, 2.05) is 45.0 Å². The van der Waals surface area contributed by atoms with E-state index in [-0.39, 0.29) is 39.1 Å². The molecule has 56 heavy (non-hydrogen) atoms. The zero-order chi connectivity index (χ0) is 42.7. The SMILES string of the molecule is CC(C)(C)OC(=O)CN1CCN(CC(=O)O)CCN(CC(=O)OC(C)(C)C)CCN(C(CCC(=O)OCc2ccccc2)C(=O)OC(C)(C)C)CC1.CC(C)C. The van der Waals surface area contributed by atoms with Crippen molar-refractivity contribution in [2.24, 2.45) is 5.92 Å². The highest BCUT2D eigenvalue weighted by Crippen LogP contribution is 2.18. The number of rotatable bonds is 13. The second-order valence-corrected chi connectivity index (χ2v) is 17.9. The van der Waals surface area contributed by atoms with E-state index in [0.717, 1.165) is 11.5 Å². The van der Waals surface area contributed by atoms with Gasteiger partial charge in [-0.05, 0) is 80.2 Å². The molecule has 0 spiro atoms. The molecule has 0 radical (unpaired) electrons. The number of hydrogen-bond acceptors (Lipinski definition) is 13. The summed E-state index contributed by atoms with van der Waals surface area (Å²) in [6.07, 6.45) is 0.0771. The largest absolute Gasteiger partial charge is 0.480 e. The minimum Gasteiger partial charge on any atom is -0.480 e. The maximum atomic E-state index is 13.8. The van der Waals surface area contributed by atoms with Gasteiger partial charge in [0.25, 0.3) is 0 Å². The maximum Gasteiger partial charge on any atom is 0.323 e. The normalized spacial score (nSPS) is 16.7. The molecule has 1 atom stereocenters. The van der Waals surface area contributed by atoms with E-state index in [0.29, 0.717) is 52.4 Å². The van der Waals surface area contributed by atoms with Crippen LogP contribution in [0.1, 0.15) is 101 Å². The molecular weight excluding hydrogens is 720 g/mol. The van der Waals surface area contributed by atoms with Crippen molar-refractivity contribution in [3.63, 3.8) is 0 Å². The molecule has 1 aromatic carbocycles. The molecule has 320 valence electrons. The smallest absolute Gasteiger partial charge is 0.323 e. The molecule has 0 amide bonds. The Kier molecular flexibility index (Phi) is 21.8. The van der Waals surface area contributed by atoms with E-state index >= 15 is 0 Å². The average molecular weight is 793 g/mol. The van der Waals surface area contributed by atoms with Crippen LogP contribution in [0.25, 0.3) is 0 Å². The number of aliphatic carboxylic acids is 1. The van der Waals surface area contributed by atoms with Crippen LogP contribution in [-0.4, -0.2) is 149 Å². The van der Waals surface area contributed by atoms with Gasteiger partial charge in [0.2, 0.25) is 0 Å². The van der Waals surface area contributed by atoms with Crippen molar-refractivity contribution in [3.8, 4) is 0 Å². The summed E-state index contributed by atoms with van der Waals surface area (Å²) in [5.41, 5.74) is -1.34. The summed E-state index contributed by atoms with van der Waals surface area (Å²) >= 11 is 0. The van der Waals surface area contributed by atoms with Crippen molar-refractivity contribution in [2.45, 2.75) is 125 Å². The molecular formula is C42H72N4O10. The van der Waals surface area contributed by atoms with Gasteiger partial charge < -0.3 is 24.1 Å². The van der Waals surface area contributed by atoms with Crippen LogP contribution < -0.4 is 0 Å². The van der Waals surface area contributed by atoms with E-state index < -0.39 is 52.7 Å². The van der Waals surface area contributed by atoms with E-state index in [4.69, 9.17) is 18.9 Å². The number of carboxylic acid groups (broad SMARTS) is 1. The standard InChI is InChI=1S/C38H62N4O10.C4H10/c1-36(2,3)50-33(46)26-40-19-17-39(25-31(43)44)18-20-41(27-34(47)51-37(4,5)6)22-24-42(23-21-40)30(35(48)52-38(7,8)9)15-16-32(45)49-28-29-13-11-10-12-14-29;1-4(2)3/h10-14,30H,15-28H2,1-9H3,(H,43,44);4H,1-3H3. The molecule has 1 N–H and O–H groups in total. The molecule has 1 aliphatic heterocycles. The predicted octanol–water partition coefficient (Wildman–Crippen LogP) is 4.87. The lowest BCUT2D eigenvalue weighted by atomic mass is 10.1. The first-order valence-electron chi connectivity index (χ1n) is 19.8. The number of ether oxygens (including phenoxy) is 4. The Morgan fingerprint density at radius 3 is 1.39 bits per heavy atom. The van der Waals surface area contributed by atoms with Gasteiger partial charge in [-0.3, -0.25) is 43.6 Å². The Morgan fingerprint density at radius 1 is 0.607 bits per heavy atom. The highest BCUT2D eigenvalue weighted by Gasteiger charge is 2.33. The summed E-state index contributed by atoms with van der Waals surface area (Å²) in [5.74, 6) is -1.96. The fourth-order valence-electron chi connectivity index (χ4n) is 5.53. The molecule has 1 fully saturated rings. The van der Waals surface area contributed by atoms with E-state index in [1.165, 1.54) is 0 Å². The van der Waals surface area contributed by atoms with Crippen LogP contribution in [-0.2, 0) is 49.5 Å². The van der Waals surface area contributed by atoms with Crippen LogP contribution in [0.5, 0.6) is 0 Å². The third kappa shape index (κ3) is 25.5. The van der Waals surface area contributed by atoms with Crippen molar-refractivity contribution >= 4 is 29.8 Å². The molecule has 1 aliphatic rings. The first-order valence-corrected chi connectivity index (χ1v) is 19.8. The summed E-state index contributed by atoms with van der Waals surface area (Å²) in [5, 5.41) is 9.64. The minimum atomic E-state index is -0.988. The summed E-state index contributed by atoms with van der Waals surface area (Å²) in [6.45, 7) is 25.0. The van der Waals surface area contributed by atoms with Gasteiger partial charge in [-0.15, -0.1) is 0 Å². The Balaban J connectivity index is 0.00000373. The van der Waals surface area contributed by atoms with Crippen molar-refractivity contribution in [1.82, 2.24) is 19.6 Å². The van der Waals surface area contributed by atoms with Gasteiger partial charge in [0.05, 0.1) is 19.6 Å². The van der Waals surface area contributed by atoms with Crippen LogP contribution in [0.4, 0.5) is 0 Å². The lowest BCUT2D eigenvalue weighted by Gasteiger charge is -2.37. The minimum absolute atomic E-state index is 0.0410. The Bertz CT molecular complexity index is 1300. The van der Waals surface area contributed by atoms with Gasteiger partial charge in [-0.25, -0.2) is 0 Å². The van der Waals surface area contributed by atoms with Gasteiger partial charge in [0.15, 0.2) is 0 Å². The zero-order valence-corrected chi connectivity index (χ0v) is 36.4. The van der Waals surface area contributed by atoms with Crippen LogP contribution in [0, 0.1) is 5.92 Å². The number of benzene rings is 1. The maximum absolute atomic E-state index is 13.8. The van der Waals surface area contributed by atoms with Gasteiger partial charge >= 0.3 is 29.8 Å². The van der Waals surface area contributed by atoms with Crippen LogP contribution in [0.15, 0.2) is 30.3 Å². The first kappa shape index (κ1) is 50.4. The topological polar surface area (TPSA) is 155 Å². The summed E-state index contributed by atoms with van der Waals surface area (Å²) in [4.78, 5) is 72.0. The zero-order valence-electron chi connectivity index (χ0n) is 36.4. The predicted molar refractivity (Wildman–Crippen MR) is 216 cm³/mol. The number of esters is 4. The van der Waals surface area contributed by atoms with Gasteiger partial charge in [-0.1, -0.05) is 51.1 Å². The fourth-order valence-corrected chi connectivity index (χ4v) is 5.53. The molecule has 1 unspecified atom stereocenters. The molecule has 0 saturated carbocycles. The Labute approximate surface area is 336 Å². The molecule has 1 saturated heterocycles. The molecule has 0 bridgehead atoms. The summed E-state index contributed by atoms with van der Waals surface area (Å²) < 4.78 is 22.6. The monoisotopic (exact) mass is 793 g/mol. The van der Waals surface area contributed by atoms with Crippen molar-refractivity contribution in [1.29, 1.82) is 0 Å². The highest BCUT2D eigenvalue weighted by molar-refractivity contribution is 5.78. The number of hydrogen-bond donors (Lipinski definition) is 1. The van der Waals surface area contributed by atoms with E-state index in [9.17, 15) is 29.1 Å². The lowest BCUT2D eigenvalue weighted by molar-refractivity contribution is -0.163. The second kappa shape index (κ2) is 24.2. The van der Waals surface area contributed by atoms with E-state index in [1.54, 1.807) is 67.2 Å². The Morgan fingerprint density at radius 2 is 1.00 bits per heavy atom.